The highest BCUT2D eigenvalue weighted by molar-refractivity contribution is 5.81. The average Bonchev–Trinajstić information content (AvgIpc) is 3.12. The first-order chi connectivity index (χ1) is 12.7. The van der Waals surface area contributed by atoms with Crippen molar-refractivity contribution in [2.24, 2.45) is 0 Å². The maximum Gasteiger partial charge on any atom is 0.298 e. The van der Waals surface area contributed by atoms with Crippen LogP contribution in [-0.2, 0) is 4.79 Å². The molecular formula is C18H18N6O2. The number of piperazine rings is 1. The second-order valence-corrected chi connectivity index (χ2v) is 6.01. The lowest BCUT2D eigenvalue weighted by molar-refractivity contribution is -0.120. The van der Waals surface area contributed by atoms with Crippen molar-refractivity contribution in [3.63, 3.8) is 0 Å². The Morgan fingerprint density at radius 3 is 3.04 bits per heavy atom. The van der Waals surface area contributed by atoms with Crippen molar-refractivity contribution in [3.05, 3.63) is 48.4 Å². The molecule has 3 aromatic rings. The maximum atomic E-state index is 11.5. The number of benzene rings is 1. The monoisotopic (exact) mass is 350 g/mol. The zero-order valence-electron chi connectivity index (χ0n) is 14.3. The molecule has 8 nitrogen and oxygen atoms in total. The highest BCUT2D eigenvalue weighted by Gasteiger charge is 2.20. The molecule has 0 aliphatic carbocycles. The normalized spacial score (nSPS) is 14.2. The summed E-state index contributed by atoms with van der Waals surface area (Å²) in [4.78, 5) is 26.2. The minimum absolute atomic E-state index is 0.0275. The van der Waals surface area contributed by atoms with Gasteiger partial charge in [0, 0.05) is 36.2 Å². The standard InChI is InChI=1S/C18H18N6O2/c1-12-5-6-20-17(22-12)23-14-4-2-3-13(9-14)15-10-21-18(26-15)24-8-7-19-16(25)11-24/h2-6,9-10H,7-8,11H2,1H3,(H,19,25)(H,20,22,23). The highest BCUT2D eigenvalue weighted by Crippen LogP contribution is 2.27. The number of aromatic nitrogens is 3. The van der Waals surface area contributed by atoms with Crippen molar-refractivity contribution in [1.82, 2.24) is 20.3 Å². The van der Waals surface area contributed by atoms with Crippen molar-refractivity contribution >= 4 is 23.6 Å². The van der Waals surface area contributed by atoms with Crippen molar-refractivity contribution in [3.8, 4) is 11.3 Å². The van der Waals surface area contributed by atoms with Gasteiger partial charge in [-0.25, -0.2) is 15.0 Å². The third-order valence-electron chi connectivity index (χ3n) is 4.00. The van der Waals surface area contributed by atoms with E-state index in [4.69, 9.17) is 4.42 Å². The van der Waals surface area contributed by atoms with E-state index in [1.54, 1.807) is 12.4 Å². The Hall–Kier alpha value is -3.42. The summed E-state index contributed by atoms with van der Waals surface area (Å²) in [6.45, 7) is 3.44. The van der Waals surface area contributed by atoms with Gasteiger partial charge in [0.15, 0.2) is 5.76 Å². The van der Waals surface area contributed by atoms with E-state index < -0.39 is 0 Å². The SMILES string of the molecule is Cc1ccnc(Nc2cccc(-c3cnc(N4CCNC(=O)C4)o3)c2)n1. The quantitative estimate of drug-likeness (QED) is 0.744. The molecule has 2 aromatic heterocycles. The predicted octanol–water partition coefficient (Wildman–Crippen LogP) is 2.12. The molecule has 4 rings (SSSR count). The van der Waals surface area contributed by atoms with E-state index in [1.807, 2.05) is 42.2 Å². The summed E-state index contributed by atoms with van der Waals surface area (Å²) in [5.41, 5.74) is 2.62. The highest BCUT2D eigenvalue weighted by atomic mass is 16.4. The molecule has 0 unspecified atom stereocenters. The van der Waals surface area contributed by atoms with Gasteiger partial charge >= 0.3 is 0 Å². The zero-order chi connectivity index (χ0) is 17.9. The number of rotatable bonds is 4. The van der Waals surface area contributed by atoms with Crippen LogP contribution in [0.25, 0.3) is 11.3 Å². The fourth-order valence-electron chi connectivity index (χ4n) is 2.73. The summed E-state index contributed by atoms with van der Waals surface area (Å²) in [5, 5.41) is 5.97. The lowest BCUT2D eigenvalue weighted by atomic mass is 10.1. The third-order valence-corrected chi connectivity index (χ3v) is 4.00. The fourth-order valence-corrected chi connectivity index (χ4v) is 2.73. The third kappa shape index (κ3) is 3.49. The van der Waals surface area contributed by atoms with Gasteiger partial charge in [0.1, 0.15) is 6.54 Å². The number of oxazole rings is 1. The predicted molar refractivity (Wildman–Crippen MR) is 97.2 cm³/mol. The van der Waals surface area contributed by atoms with E-state index >= 15 is 0 Å². The molecule has 1 aromatic carbocycles. The van der Waals surface area contributed by atoms with E-state index in [2.05, 4.69) is 25.6 Å². The van der Waals surface area contributed by atoms with E-state index in [0.717, 1.165) is 16.9 Å². The lowest BCUT2D eigenvalue weighted by Gasteiger charge is -2.24. The second kappa shape index (κ2) is 6.83. The van der Waals surface area contributed by atoms with Gasteiger partial charge in [0.2, 0.25) is 11.9 Å². The van der Waals surface area contributed by atoms with Gasteiger partial charge in [0.05, 0.1) is 6.20 Å². The summed E-state index contributed by atoms with van der Waals surface area (Å²) in [6, 6.07) is 10.0. The summed E-state index contributed by atoms with van der Waals surface area (Å²) < 4.78 is 5.86. The van der Waals surface area contributed by atoms with Crippen LogP contribution in [0.3, 0.4) is 0 Å². The number of anilines is 3. The molecule has 26 heavy (non-hydrogen) atoms. The Morgan fingerprint density at radius 2 is 2.19 bits per heavy atom. The first-order valence-electron chi connectivity index (χ1n) is 8.32. The Kier molecular flexibility index (Phi) is 4.22. The van der Waals surface area contributed by atoms with Crippen molar-refractivity contribution in [2.45, 2.75) is 6.92 Å². The molecule has 132 valence electrons. The van der Waals surface area contributed by atoms with Crippen LogP contribution >= 0.6 is 0 Å². The molecule has 1 aliphatic rings. The smallest absolute Gasteiger partial charge is 0.298 e. The topological polar surface area (TPSA) is 96.2 Å². The van der Waals surface area contributed by atoms with Crippen LogP contribution in [0.2, 0.25) is 0 Å². The van der Waals surface area contributed by atoms with Crippen LogP contribution in [0.4, 0.5) is 17.7 Å². The number of aryl methyl sites for hydroxylation is 1. The van der Waals surface area contributed by atoms with E-state index in [0.29, 0.717) is 30.8 Å². The molecule has 1 amide bonds. The average molecular weight is 350 g/mol. The van der Waals surface area contributed by atoms with Gasteiger partial charge in [-0.05, 0) is 25.1 Å². The Morgan fingerprint density at radius 1 is 1.27 bits per heavy atom. The summed E-state index contributed by atoms with van der Waals surface area (Å²) >= 11 is 0. The van der Waals surface area contributed by atoms with Crippen molar-refractivity contribution < 1.29 is 9.21 Å². The number of hydrogen-bond donors (Lipinski definition) is 2. The largest absolute Gasteiger partial charge is 0.423 e. The van der Waals surface area contributed by atoms with Gasteiger partial charge < -0.3 is 20.0 Å². The Balaban J connectivity index is 1.54. The molecule has 0 bridgehead atoms. The minimum Gasteiger partial charge on any atom is -0.423 e. The first kappa shape index (κ1) is 16.1. The van der Waals surface area contributed by atoms with Crippen LogP contribution in [0.15, 0.2) is 47.1 Å². The van der Waals surface area contributed by atoms with Crippen molar-refractivity contribution in [1.29, 1.82) is 0 Å². The van der Waals surface area contributed by atoms with E-state index in [9.17, 15) is 4.79 Å². The number of amides is 1. The number of carbonyl (C=O) groups excluding carboxylic acids is 1. The maximum absolute atomic E-state index is 11.5. The molecule has 2 N–H and O–H groups in total. The van der Waals surface area contributed by atoms with Gasteiger partial charge in [0.25, 0.3) is 6.01 Å². The fraction of sp³-hybridized carbons (Fsp3) is 0.222. The van der Waals surface area contributed by atoms with Crippen LogP contribution in [0.1, 0.15) is 5.69 Å². The number of carbonyl (C=O) groups is 1. The second-order valence-electron chi connectivity index (χ2n) is 6.01. The lowest BCUT2D eigenvalue weighted by Crippen LogP contribution is -2.47. The molecule has 0 atom stereocenters. The Bertz CT molecular complexity index is 939. The molecular weight excluding hydrogens is 332 g/mol. The molecule has 1 fully saturated rings. The van der Waals surface area contributed by atoms with Crippen LogP contribution < -0.4 is 15.5 Å². The minimum atomic E-state index is -0.0275. The van der Waals surface area contributed by atoms with Gasteiger partial charge in [-0.2, -0.15) is 0 Å². The molecule has 1 aliphatic heterocycles. The molecule has 1 saturated heterocycles. The van der Waals surface area contributed by atoms with E-state index in [-0.39, 0.29) is 12.5 Å². The van der Waals surface area contributed by atoms with Crippen LogP contribution in [0, 0.1) is 6.92 Å². The number of nitrogens with zero attached hydrogens (tertiary/aromatic N) is 4. The number of hydrogen-bond acceptors (Lipinski definition) is 7. The molecule has 3 heterocycles. The number of nitrogens with one attached hydrogen (secondary N) is 2. The summed E-state index contributed by atoms with van der Waals surface area (Å²) in [6.07, 6.45) is 3.39. The van der Waals surface area contributed by atoms with Gasteiger partial charge in [-0.15, -0.1) is 0 Å². The van der Waals surface area contributed by atoms with Crippen LogP contribution in [0.5, 0.6) is 0 Å². The molecule has 8 heteroatoms. The summed E-state index contributed by atoms with van der Waals surface area (Å²) in [5.74, 6) is 1.15. The van der Waals surface area contributed by atoms with E-state index in [1.165, 1.54) is 0 Å². The first-order valence-corrected chi connectivity index (χ1v) is 8.32. The van der Waals surface area contributed by atoms with Crippen LogP contribution in [-0.4, -0.2) is 40.5 Å². The molecule has 0 saturated carbocycles. The molecule has 0 spiro atoms. The summed E-state index contributed by atoms with van der Waals surface area (Å²) in [7, 11) is 0. The molecule has 0 radical (unpaired) electrons. The van der Waals surface area contributed by atoms with Crippen molar-refractivity contribution in [2.75, 3.05) is 29.9 Å². The van der Waals surface area contributed by atoms with Gasteiger partial charge in [-0.3, -0.25) is 4.79 Å². The Labute approximate surface area is 150 Å². The zero-order valence-corrected chi connectivity index (χ0v) is 14.3. The van der Waals surface area contributed by atoms with Gasteiger partial charge in [-0.1, -0.05) is 12.1 Å².